The number of methoxy groups -OCH3 is 1. The second-order valence-electron chi connectivity index (χ2n) is 5.39. The van der Waals surface area contributed by atoms with Gasteiger partial charge in [0.2, 0.25) is 0 Å². The molecule has 6 heteroatoms. The Hall–Kier alpha value is -1.56. The van der Waals surface area contributed by atoms with Gasteiger partial charge in [0.05, 0.1) is 13.7 Å². The largest absolute Gasteiger partial charge is 0.469 e. The van der Waals surface area contributed by atoms with Crippen LogP contribution in [0.1, 0.15) is 49.5 Å². The van der Waals surface area contributed by atoms with Gasteiger partial charge in [0.1, 0.15) is 0 Å². The van der Waals surface area contributed by atoms with Crippen LogP contribution in [-0.2, 0) is 16.1 Å². The van der Waals surface area contributed by atoms with Crippen LogP contribution in [0.2, 0.25) is 0 Å². The number of hydrogen-bond acceptors (Lipinski definition) is 4. The Labute approximate surface area is 143 Å². The molecule has 23 heavy (non-hydrogen) atoms. The van der Waals surface area contributed by atoms with Crippen molar-refractivity contribution in [3.63, 3.8) is 0 Å². The number of hydrogen-bond donors (Lipinski definition) is 2. The van der Waals surface area contributed by atoms with Gasteiger partial charge in [-0.3, -0.25) is 4.79 Å². The lowest BCUT2D eigenvalue weighted by Crippen LogP contribution is -2.37. The fourth-order valence-electron chi connectivity index (χ4n) is 2.12. The molecule has 0 aromatic carbocycles. The topological polar surface area (TPSA) is 62.7 Å². The molecule has 1 heterocycles. The van der Waals surface area contributed by atoms with Gasteiger partial charge in [0.15, 0.2) is 5.96 Å². The average Bonchev–Trinajstić information content (AvgIpc) is 2.96. The molecule has 1 rings (SSSR count). The molecule has 130 valence electrons. The molecular formula is C17H29N3O2S. The molecule has 0 saturated heterocycles. The zero-order chi connectivity index (χ0) is 16.9. The van der Waals surface area contributed by atoms with Crippen molar-refractivity contribution in [1.82, 2.24) is 10.6 Å². The average molecular weight is 340 g/mol. The summed E-state index contributed by atoms with van der Waals surface area (Å²) in [5, 5.41) is 8.74. The molecule has 0 bridgehead atoms. The Morgan fingerprint density at radius 2 is 2.04 bits per heavy atom. The number of guanidine groups is 1. The van der Waals surface area contributed by atoms with Gasteiger partial charge >= 0.3 is 5.97 Å². The number of carbonyl (C=O) groups excluding carboxylic acids is 1. The van der Waals surface area contributed by atoms with Crippen molar-refractivity contribution in [2.24, 2.45) is 4.99 Å². The molecule has 0 aliphatic rings. The van der Waals surface area contributed by atoms with Crippen LogP contribution in [-0.4, -0.2) is 32.1 Å². The third kappa shape index (κ3) is 8.59. The first-order chi connectivity index (χ1) is 11.2. The fourth-order valence-corrected chi connectivity index (χ4v) is 2.94. The van der Waals surface area contributed by atoms with E-state index in [0.29, 0.717) is 6.42 Å². The summed E-state index contributed by atoms with van der Waals surface area (Å²) in [6.45, 7) is 6.66. The van der Waals surface area contributed by atoms with Gasteiger partial charge in [-0.25, -0.2) is 4.99 Å². The number of thiophene rings is 1. The van der Waals surface area contributed by atoms with Crippen molar-refractivity contribution in [3.8, 4) is 0 Å². The molecular weight excluding hydrogens is 310 g/mol. The van der Waals surface area contributed by atoms with E-state index in [2.05, 4.69) is 45.7 Å². The predicted octanol–water partition coefficient (Wildman–Crippen LogP) is 3.24. The minimum Gasteiger partial charge on any atom is -0.469 e. The van der Waals surface area contributed by atoms with E-state index in [0.717, 1.165) is 51.3 Å². The molecule has 0 amide bonds. The van der Waals surface area contributed by atoms with E-state index in [1.54, 1.807) is 11.3 Å². The summed E-state index contributed by atoms with van der Waals surface area (Å²) in [7, 11) is 1.44. The van der Waals surface area contributed by atoms with Crippen LogP contribution in [0.4, 0.5) is 0 Å². The standard InChI is InChI=1S/C17H29N3O2S/c1-4-18-17(20-13-15-14(2)10-12-23-15)19-11-8-6-5-7-9-16(21)22-3/h10,12H,4-9,11,13H2,1-3H3,(H2,18,19,20). The first-order valence-corrected chi connectivity index (χ1v) is 9.17. The van der Waals surface area contributed by atoms with Crippen molar-refractivity contribution in [2.75, 3.05) is 20.2 Å². The first kappa shape index (κ1) is 19.5. The maximum atomic E-state index is 11.0. The van der Waals surface area contributed by atoms with E-state index in [9.17, 15) is 4.79 Å². The van der Waals surface area contributed by atoms with E-state index in [1.165, 1.54) is 17.6 Å². The molecule has 0 spiro atoms. The van der Waals surface area contributed by atoms with Gasteiger partial charge in [-0.15, -0.1) is 11.3 Å². The number of ether oxygens (including phenoxy) is 1. The molecule has 5 nitrogen and oxygen atoms in total. The minimum absolute atomic E-state index is 0.117. The van der Waals surface area contributed by atoms with Crippen LogP contribution in [0.25, 0.3) is 0 Å². The van der Waals surface area contributed by atoms with E-state index in [4.69, 9.17) is 0 Å². The second-order valence-corrected chi connectivity index (χ2v) is 6.39. The molecule has 0 aliphatic heterocycles. The van der Waals surface area contributed by atoms with Gasteiger partial charge in [-0.05, 0) is 43.7 Å². The van der Waals surface area contributed by atoms with E-state index in [1.807, 2.05) is 0 Å². The monoisotopic (exact) mass is 339 g/mol. The fraction of sp³-hybridized carbons (Fsp3) is 0.647. The van der Waals surface area contributed by atoms with Crippen LogP contribution in [0.15, 0.2) is 16.4 Å². The quantitative estimate of drug-likeness (QED) is 0.297. The summed E-state index contributed by atoms with van der Waals surface area (Å²) in [6, 6.07) is 2.13. The van der Waals surface area contributed by atoms with Crippen LogP contribution in [0.3, 0.4) is 0 Å². The Morgan fingerprint density at radius 1 is 1.26 bits per heavy atom. The third-order valence-corrected chi connectivity index (χ3v) is 4.53. The summed E-state index contributed by atoms with van der Waals surface area (Å²) in [4.78, 5) is 16.9. The molecule has 0 unspecified atom stereocenters. The molecule has 1 aromatic rings. The highest BCUT2D eigenvalue weighted by Gasteiger charge is 2.02. The first-order valence-electron chi connectivity index (χ1n) is 8.29. The lowest BCUT2D eigenvalue weighted by molar-refractivity contribution is -0.140. The Morgan fingerprint density at radius 3 is 2.70 bits per heavy atom. The normalized spacial score (nSPS) is 11.3. The molecule has 0 fully saturated rings. The molecule has 0 radical (unpaired) electrons. The highest BCUT2D eigenvalue weighted by atomic mass is 32.1. The number of aryl methyl sites for hydroxylation is 1. The summed E-state index contributed by atoms with van der Waals surface area (Å²) in [5.74, 6) is 0.753. The third-order valence-electron chi connectivity index (χ3n) is 3.52. The second kappa shape index (κ2) is 11.9. The summed E-state index contributed by atoms with van der Waals surface area (Å²) < 4.78 is 4.63. The number of nitrogens with one attached hydrogen (secondary N) is 2. The molecule has 2 N–H and O–H groups in total. The lowest BCUT2D eigenvalue weighted by atomic mass is 10.1. The number of rotatable bonds is 10. The van der Waals surface area contributed by atoms with Crippen LogP contribution < -0.4 is 10.6 Å². The molecule has 1 aromatic heterocycles. The van der Waals surface area contributed by atoms with Crippen LogP contribution in [0, 0.1) is 6.92 Å². The number of carbonyl (C=O) groups is 1. The Bertz CT molecular complexity index is 486. The summed E-state index contributed by atoms with van der Waals surface area (Å²) >= 11 is 1.75. The molecule has 0 saturated carbocycles. The van der Waals surface area contributed by atoms with Crippen molar-refractivity contribution in [3.05, 3.63) is 21.9 Å². The summed E-state index contributed by atoms with van der Waals surface area (Å²) in [6.07, 6.45) is 4.66. The van der Waals surface area contributed by atoms with Gasteiger partial charge in [0.25, 0.3) is 0 Å². The van der Waals surface area contributed by atoms with Crippen LogP contribution in [0.5, 0.6) is 0 Å². The predicted molar refractivity (Wildman–Crippen MR) is 97.0 cm³/mol. The van der Waals surface area contributed by atoms with Crippen molar-refractivity contribution in [2.45, 2.75) is 52.5 Å². The molecule has 0 aliphatic carbocycles. The van der Waals surface area contributed by atoms with Crippen molar-refractivity contribution < 1.29 is 9.53 Å². The minimum atomic E-state index is -0.117. The zero-order valence-corrected chi connectivity index (χ0v) is 15.3. The van der Waals surface area contributed by atoms with Gasteiger partial charge in [-0.2, -0.15) is 0 Å². The number of aliphatic imine (C=N–C) groups is 1. The van der Waals surface area contributed by atoms with E-state index >= 15 is 0 Å². The van der Waals surface area contributed by atoms with Crippen molar-refractivity contribution >= 4 is 23.3 Å². The maximum absolute atomic E-state index is 11.0. The van der Waals surface area contributed by atoms with E-state index in [-0.39, 0.29) is 5.97 Å². The lowest BCUT2D eigenvalue weighted by Gasteiger charge is -2.11. The molecule has 0 atom stereocenters. The maximum Gasteiger partial charge on any atom is 0.305 e. The Kier molecular flexibility index (Phi) is 10.1. The SMILES string of the molecule is CCNC(=NCc1sccc1C)NCCCCCCC(=O)OC. The van der Waals surface area contributed by atoms with Crippen LogP contribution >= 0.6 is 11.3 Å². The smallest absolute Gasteiger partial charge is 0.305 e. The highest BCUT2D eigenvalue weighted by Crippen LogP contribution is 2.16. The number of nitrogens with zero attached hydrogens (tertiary/aromatic N) is 1. The van der Waals surface area contributed by atoms with Gasteiger partial charge in [-0.1, -0.05) is 12.8 Å². The van der Waals surface area contributed by atoms with Gasteiger partial charge in [0, 0.05) is 24.4 Å². The number of unbranched alkanes of at least 4 members (excludes halogenated alkanes) is 3. The van der Waals surface area contributed by atoms with Crippen molar-refractivity contribution in [1.29, 1.82) is 0 Å². The highest BCUT2D eigenvalue weighted by molar-refractivity contribution is 7.10. The number of esters is 1. The van der Waals surface area contributed by atoms with E-state index < -0.39 is 0 Å². The van der Waals surface area contributed by atoms with Gasteiger partial charge < -0.3 is 15.4 Å². The Balaban J connectivity index is 2.20. The zero-order valence-electron chi connectivity index (χ0n) is 14.5. The summed E-state index contributed by atoms with van der Waals surface area (Å²) in [5.41, 5.74) is 1.31.